The number of aromatic carboxylic acids is 1. The van der Waals surface area contributed by atoms with Crippen molar-refractivity contribution in [3.8, 4) is 0 Å². The van der Waals surface area contributed by atoms with Gasteiger partial charge in [0.25, 0.3) is 0 Å². The molecule has 0 radical (unpaired) electrons. The number of nitrogens with one attached hydrogen (secondary N) is 1. The molecular formula is C16H20FN3O4S. The van der Waals surface area contributed by atoms with E-state index in [-0.39, 0.29) is 12.1 Å². The zero-order valence-electron chi connectivity index (χ0n) is 14.2. The van der Waals surface area contributed by atoms with Crippen LogP contribution in [0.2, 0.25) is 0 Å². The molecule has 136 valence electrons. The van der Waals surface area contributed by atoms with E-state index in [1.165, 1.54) is 7.05 Å². The van der Waals surface area contributed by atoms with E-state index in [1.807, 2.05) is 13.8 Å². The zero-order valence-corrected chi connectivity index (χ0v) is 15.0. The van der Waals surface area contributed by atoms with E-state index in [2.05, 4.69) is 10.2 Å². The number of H-pyrrole nitrogens is 1. The number of hydrogen-bond donors (Lipinski definition) is 2. The van der Waals surface area contributed by atoms with Gasteiger partial charge in [-0.2, -0.15) is 5.10 Å². The molecule has 0 fully saturated rings. The summed E-state index contributed by atoms with van der Waals surface area (Å²) in [6, 6.07) is 2.72. The summed E-state index contributed by atoms with van der Waals surface area (Å²) in [5.74, 6) is -2.29. The molecular weight excluding hydrogens is 349 g/mol. The van der Waals surface area contributed by atoms with E-state index < -0.39 is 26.7 Å². The van der Waals surface area contributed by atoms with Crippen LogP contribution in [0.1, 0.15) is 33.7 Å². The molecule has 7 nitrogen and oxygen atoms in total. The summed E-state index contributed by atoms with van der Waals surface area (Å²) in [5.41, 5.74) is 2.55. The van der Waals surface area contributed by atoms with Crippen molar-refractivity contribution in [1.82, 2.24) is 14.5 Å². The number of sulfonamides is 1. The van der Waals surface area contributed by atoms with Gasteiger partial charge < -0.3 is 5.11 Å². The van der Waals surface area contributed by atoms with E-state index in [0.717, 1.165) is 39.5 Å². The first-order chi connectivity index (χ1) is 11.6. The molecule has 2 rings (SSSR count). The van der Waals surface area contributed by atoms with Crippen LogP contribution >= 0.6 is 0 Å². The Balaban J connectivity index is 2.14. The third kappa shape index (κ3) is 4.05. The fraction of sp³-hybridized carbons (Fsp3) is 0.375. The molecule has 9 heteroatoms. The smallest absolute Gasteiger partial charge is 0.335 e. The number of rotatable bonds is 7. The van der Waals surface area contributed by atoms with Crippen LogP contribution in [0, 0.1) is 19.7 Å². The maximum atomic E-state index is 13.9. The van der Waals surface area contributed by atoms with Gasteiger partial charge in [-0.1, -0.05) is 0 Å². The summed E-state index contributed by atoms with van der Waals surface area (Å²) in [4.78, 5) is 10.4. The van der Waals surface area contributed by atoms with Gasteiger partial charge in [-0.3, -0.25) is 5.10 Å². The lowest BCUT2D eigenvalue weighted by Gasteiger charge is -2.18. The third-order valence-electron chi connectivity index (χ3n) is 4.05. The monoisotopic (exact) mass is 369 g/mol. The van der Waals surface area contributed by atoms with Crippen LogP contribution in [-0.4, -0.2) is 47.6 Å². The zero-order chi connectivity index (χ0) is 18.8. The highest BCUT2D eigenvalue weighted by Crippen LogP contribution is 2.21. The van der Waals surface area contributed by atoms with E-state index in [0.29, 0.717) is 12.8 Å². The molecule has 0 saturated carbocycles. The van der Waals surface area contributed by atoms with Gasteiger partial charge in [0.15, 0.2) is 0 Å². The highest BCUT2D eigenvalue weighted by molar-refractivity contribution is 7.89. The number of hydrogen-bond acceptors (Lipinski definition) is 4. The topological polar surface area (TPSA) is 103 Å². The summed E-state index contributed by atoms with van der Waals surface area (Å²) in [5, 5.41) is 15.9. The number of nitrogens with zero attached hydrogens (tertiary/aromatic N) is 2. The first kappa shape index (κ1) is 19.1. The number of aromatic nitrogens is 2. The van der Waals surface area contributed by atoms with Crippen LogP contribution in [0.25, 0.3) is 0 Å². The van der Waals surface area contributed by atoms with Crippen LogP contribution in [0.3, 0.4) is 0 Å². The Kier molecular flexibility index (Phi) is 5.58. The molecule has 1 aromatic heterocycles. The fourth-order valence-corrected chi connectivity index (χ4v) is 3.84. The molecule has 1 heterocycles. The van der Waals surface area contributed by atoms with Gasteiger partial charge in [0.2, 0.25) is 10.0 Å². The van der Waals surface area contributed by atoms with Gasteiger partial charge in [0.1, 0.15) is 10.7 Å². The van der Waals surface area contributed by atoms with Gasteiger partial charge >= 0.3 is 5.97 Å². The molecule has 0 unspecified atom stereocenters. The fourth-order valence-electron chi connectivity index (χ4n) is 2.54. The number of aromatic amines is 1. The Hall–Kier alpha value is -2.26. The lowest BCUT2D eigenvalue weighted by molar-refractivity contribution is 0.0696. The highest BCUT2D eigenvalue weighted by Gasteiger charge is 2.25. The average molecular weight is 369 g/mol. The average Bonchev–Trinajstić information content (AvgIpc) is 2.86. The highest BCUT2D eigenvalue weighted by atomic mass is 32.2. The maximum absolute atomic E-state index is 13.9. The molecule has 0 bridgehead atoms. The predicted octanol–water partition coefficient (Wildman–Crippen LogP) is 2.12. The Morgan fingerprint density at radius 3 is 2.60 bits per heavy atom. The van der Waals surface area contributed by atoms with Gasteiger partial charge in [0.05, 0.1) is 11.3 Å². The molecule has 0 spiro atoms. The molecule has 25 heavy (non-hydrogen) atoms. The third-order valence-corrected chi connectivity index (χ3v) is 5.92. The maximum Gasteiger partial charge on any atom is 0.335 e. The summed E-state index contributed by atoms with van der Waals surface area (Å²) in [6.45, 7) is 3.93. The van der Waals surface area contributed by atoms with Crippen molar-refractivity contribution in [2.24, 2.45) is 0 Å². The molecule has 0 aliphatic carbocycles. The van der Waals surface area contributed by atoms with E-state index in [1.54, 1.807) is 0 Å². The van der Waals surface area contributed by atoms with Gasteiger partial charge in [-0.15, -0.1) is 0 Å². The molecule has 1 aromatic carbocycles. The Bertz CT molecular complexity index is 873. The van der Waals surface area contributed by atoms with Crippen molar-refractivity contribution in [3.05, 3.63) is 46.5 Å². The summed E-state index contributed by atoms with van der Waals surface area (Å²) >= 11 is 0. The van der Waals surface area contributed by atoms with Crippen LogP contribution in [-0.2, 0) is 16.4 Å². The SMILES string of the molecule is Cc1n[nH]c(C)c1CCCN(C)S(=O)(=O)c1cc(C(=O)O)ccc1F. The molecule has 0 aliphatic rings. The van der Waals surface area contributed by atoms with Gasteiger partial charge in [0, 0.05) is 19.3 Å². The van der Waals surface area contributed by atoms with Crippen molar-refractivity contribution in [3.63, 3.8) is 0 Å². The molecule has 0 atom stereocenters. The number of carbonyl (C=O) groups is 1. The molecule has 0 aliphatic heterocycles. The van der Waals surface area contributed by atoms with Crippen LogP contribution in [0.15, 0.2) is 23.1 Å². The van der Waals surface area contributed by atoms with Gasteiger partial charge in [-0.05, 0) is 50.5 Å². The van der Waals surface area contributed by atoms with Crippen molar-refractivity contribution in [2.45, 2.75) is 31.6 Å². The van der Waals surface area contributed by atoms with Crippen molar-refractivity contribution < 1.29 is 22.7 Å². The standard InChI is InChI=1S/C16H20FN3O4S/c1-10-13(11(2)19-18-10)5-4-8-20(3)25(23,24)15-9-12(16(21)22)6-7-14(15)17/h6-7,9H,4-5,8H2,1-3H3,(H,18,19)(H,21,22). The van der Waals surface area contributed by atoms with Crippen molar-refractivity contribution in [1.29, 1.82) is 0 Å². The number of carboxylic acids is 1. The van der Waals surface area contributed by atoms with Crippen LogP contribution < -0.4 is 0 Å². The van der Waals surface area contributed by atoms with E-state index in [9.17, 15) is 17.6 Å². The molecule has 0 saturated heterocycles. The van der Waals surface area contributed by atoms with Crippen molar-refractivity contribution >= 4 is 16.0 Å². The van der Waals surface area contributed by atoms with Crippen molar-refractivity contribution in [2.75, 3.05) is 13.6 Å². The quantitative estimate of drug-likeness (QED) is 0.778. The predicted molar refractivity (Wildman–Crippen MR) is 89.6 cm³/mol. The molecule has 0 amide bonds. The van der Waals surface area contributed by atoms with Crippen LogP contribution in [0.5, 0.6) is 0 Å². The first-order valence-corrected chi connectivity index (χ1v) is 9.08. The largest absolute Gasteiger partial charge is 0.478 e. The lowest BCUT2D eigenvalue weighted by Crippen LogP contribution is -2.29. The van der Waals surface area contributed by atoms with E-state index in [4.69, 9.17) is 5.11 Å². The minimum atomic E-state index is -4.12. The summed E-state index contributed by atoms with van der Waals surface area (Å²) < 4.78 is 40.0. The summed E-state index contributed by atoms with van der Waals surface area (Å²) in [6.07, 6.45) is 1.16. The van der Waals surface area contributed by atoms with Gasteiger partial charge in [-0.25, -0.2) is 21.9 Å². The minimum Gasteiger partial charge on any atom is -0.478 e. The summed E-state index contributed by atoms with van der Waals surface area (Å²) in [7, 11) is -2.77. The van der Waals surface area contributed by atoms with E-state index >= 15 is 0 Å². The Morgan fingerprint density at radius 1 is 1.36 bits per heavy atom. The lowest BCUT2D eigenvalue weighted by atomic mass is 10.1. The Morgan fingerprint density at radius 2 is 2.04 bits per heavy atom. The molecule has 2 N–H and O–H groups in total. The van der Waals surface area contributed by atoms with Crippen LogP contribution in [0.4, 0.5) is 4.39 Å². The normalized spacial score (nSPS) is 11.9. The Labute approximate surface area is 145 Å². The second kappa shape index (κ2) is 7.32. The number of carboxylic acid groups (broad SMARTS) is 1. The second-order valence-corrected chi connectivity index (χ2v) is 7.81. The minimum absolute atomic E-state index is 0.170. The second-order valence-electron chi connectivity index (χ2n) is 5.79. The number of aryl methyl sites for hydroxylation is 2. The number of benzene rings is 1. The number of halogens is 1. The first-order valence-electron chi connectivity index (χ1n) is 7.64. The molecule has 2 aromatic rings.